The van der Waals surface area contributed by atoms with Crippen molar-refractivity contribution in [2.75, 3.05) is 7.11 Å². The van der Waals surface area contributed by atoms with E-state index in [2.05, 4.69) is 63.9 Å². The number of aromatic nitrogens is 2. The topological polar surface area (TPSA) is 89.5 Å². The lowest BCUT2D eigenvalue weighted by Gasteiger charge is -2.16. The molecule has 0 aliphatic rings. The van der Waals surface area contributed by atoms with Gasteiger partial charge in [0.15, 0.2) is 11.5 Å². The summed E-state index contributed by atoms with van der Waals surface area (Å²) < 4.78 is 15.1. The summed E-state index contributed by atoms with van der Waals surface area (Å²) in [6.07, 6.45) is 3.00. The molecule has 1 heterocycles. The van der Waals surface area contributed by atoms with Crippen LogP contribution in [-0.4, -0.2) is 23.0 Å². The minimum atomic E-state index is -0.246. The molecule has 0 spiro atoms. The SMILES string of the molecule is CCCc1nc2ccc(Br)cc2c(=O)n1N=Cc1cc(OC)c(OCc2ccccc2C#N)c(Br)c1Br. The van der Waals surface area contributed by atoms with Gasteiger partial charge in [0, 0.05) is 26.5 Å². The summed E-state index contributed by atoms with van der Waals surface area (Å²) in [7, 11) is 1.54. The molecule has 0 atom stereocenters. The average Bonchev–Trinajstić information content (AvgIpc) is 2.90. The minimum absolute atomic E-state index is 0.187. The van der Waals surface area contributed by atoms with Crippen LogP contribution in [-0.2, 0) is 13.0 Å². The average molecular weight is 689 g/mol. The van der Waals surface area contributed by atoms with Gasteiger partial charge < -0.3 is 9.47 Å². The smallest absolute Gasteiger partial charge is 0.282 e. The van der Waals surface area contributed by atoms with Gasteiger partial charge in [0.25, 0.3) is 5.56 Å². The first-order valence-corrected chi connectivity index (χ1v) is 13.7. The fraction of sp³-hybridized carbons (Fsp3) is 0.185. The Morgan fingerprint density at radius 1 is 1.14 bits per heavy atom. The number of nitriles is 1. The Morgan fingerprint density at radius 3 is 2.65 bits per heavy atom. The lowest BCUT2D eigenvalue weighted by Crippen LogP contribution is -2.22. The van der Waals surface area contributed by atoms with Crippen LogP contribution in [0.2, 0.25) is 0 Å². The Hall–Kier alpha value is -3.00. The van der Waals surface area contributed by atoms with Gasteiger partial charge in [-0.15, -0.1) is 0 Å². The third kappa shape index (κ3) is 5.79. The number of ether oxygens (including phenoxy) is 2. The molecule has 0 saturated carbocycles. The molecule has 0 saturated heterocycles. The molecule has 1 aromatic heterocycles. The Balaban J connectivity index is 1.73. The fourth-order valence-electron chi connectivity index (χ4n) is 3.71. The molecule has 0 aliphatic carbocycles. The number of benzene rings is 3. The van der Waals surface area contributed by atoms with E-state index in [9.17, 15) is 10.1 Å². The summed E-state index contributed by atoms with van der Waals surface area (Å²) in [6, 6.07) is 16.6. The first-order valence-electron chi connectivity index (χ1n) is 11.3. The molecule has 7 nitrogen and oxygen atoms in total. The third-order valence-electron chi connectivity index (χ3n) is 5.55. The van der Waals surface area contributed by atoms with Crippen LogP contribution < -0.4 is 15.0 Å². The van der Waals surface area contributed by atoms with Gasteiger partial charge in [-0.05, 0) is 68.6 Å². The predicted octanol–water partition coefficient (Wildman–Crippen LogP) is 6.98. The summed E-state index contributed by atoms with van der Waals surface area (Å²) in [5, 5.41) is 14.3. The molecule has 0 unspecified atom stereocenters. The highest BCUT2D eigenvalue weighted by Gasteiger charge is 2.18. The van der Waals surface area contributed by atoms with Crippen molar-refractivity contribution in [1.29, 1.82) is 5.26 Å². The van der Waals surface area contributed by atoms with E-state index in [1.54, 1.807) is 31.5 Å². The first kappa shape index (κ1) is 27.0. The van der Waals surface area contributed by atoms with E-state index in [0.29, 0.717) is 54.7 Å². The number of fused-ring (bicyclic) bond motifs is 1. The van der Waals surface area contributed by atoms with Crippen LogP contribution in [0.25, 0.3) is 10.9 Å². The van der Waals surface area contributed by atoms with Crippen molar-refractivity contribution in [2.45, 2.75) is 26.4 Å². The molecule has 188 valence electrons. The normalized spacial score (nSPS) is 11.1. The zero-order valence-electron chi connectivity index (χ0n) is 20.0. The maximum atomic E-state index is 13.3. The highest BCUT2D eigenvalue weighted by Crippen LogP contribution is 2.42. The molecule has 0 radical (unpaired) electrons. The zero-order chi connectivity index (χ0) is 26.5. The Morgan fingerprint density at radius 2 is 1.92 bits per heavy atom. The summed E-state index contributed by atoms with van der Waals surface area (Å²) >= 11 is 10.6. The molecular weight excluding hydrogens is 668 g/mol. The number of nitrogens with zero attached hydrogens (tertiary/aromatic N) is 4. The molecule has 0 amide bonds. The van der Waals surface area contributed by atoms with E-state index in [4.69, 9.17) is 9.47 Å². The van der Waals surface area contributed by atoms with Gasteiger partial charge in [-0.1, -0.05) is 41.1 Å². The van der Waals surface area contributed by atoms with E-state index >= 15 is 0 Å². The Bertz CT molecular complexity index is 1610. The van der Waals surface area contributed by atoms with E-state index in [1.807, 2.05) is 37.3 Å². The van der Waals surface area contributed by atoms with Crippen LogP contribution >= 0.6 is 47.8 Å². The maximum Gasteiger partial charge on any atom is 0.282 e. The van der Waals surface area contributed by atoms with Crippen molar-refractivity contribution in [3.63, 3.8) is 0 Å². The van der Waals surface area contributed by atoms with Gasteiger partial charge in [0.1, 0.15) is 12.4 Å². The summed E-state index contributed by atoms with van der Waals surface area (Å²) in [5.74, 6) is 1.52. The van der Waals surface area contributed by atoms with Crippen LogP contribution in [0.1, 0.15) is 35.9 Å². The van der Waals surface area contributed by atoms with Crippen molar-refractivity contribution in [3.8, 4) is 17.6 Å². The second kappa shape index (κ2) is 12.0. The predicted molar refractivity (Wildman–Crippen MR) is 155 cm³/mol. The summed E-state index contributed by atoms with van der Waals surface area (Å²) in [6.45, 7) is 2.21. The van der Waals surface area contributed by atoms with E-state index in [0.717, 1.165) is 16.5 Å². The van der Waals surface area contributed by atoms with Crippen molar-refractivity contribution in [1.82, 2.24) is 9.66 Å². The van der Waals surface area contributed by atoms with Crippen LogP contribution in [0.5, 0.6) is 11.5 Å². The van der Waals surface area contributed by atoms with E-state index in [1.165, 1.54) is 4.68 Å². The molecule has 10 heteroatoms. The summed E-state index contributed by atoms with van der Waals surface area (Å²) in [5.41, 5.74) is 2.36. The number of aryl methyl sites for hydroxylation is 1. The standard InChI is InChI=1S/C27H21Br3N4O3/c1-3-6-23-33-21-10-9-19(28)12-20(21)27(35)34(23)32-14-18-11-22(36-2)26(25(30)24(18)29)37-15-17-8-5-4-7-16(17)13-31/h4-5,7-12,14H,3,6,15H2,1-2H3. The number of hydrogen-bond donors (Lipinski definition) is 0. The van der Waals surface area contributed by atoms with E-state index < -0.39 is 0 Å². The first-order chi connectivity index (χ1) is 17.9. The zero-order valence-corrected chi connectivity index (χ0v) is 24.7. The van der Waals surface area contributed by atoms with Gasteiger partial charge in [-0.3, -0.25) is 4.79 Å². The monoisotopic (exact) mass is 686 g/mol. The van der Waals surface area contributed by atoms with Crippen LogP contribution in [0.15, 0.2) is 71.8 Å². The van der Waals surface area contributed by atoms with Gasteiger partial charge >= 0.3 is 0 Å². The van der Waals surface area contributed by atoms with Gasteiger partial charge in [0.2, 0.25) is 0 Å². The number of methoxy groups -OCH3 is 1. The Labute approximate surface area is 239 Å². The minimum Gasteiger partial charge on any atom is -0.493 e. The van der Waals surface area contributed by atoms with Crippen molar-refractivity contribution in [2.24, 2.45) is 5.10 Å². The lowest BCUT2D eigenvalue weighted by atomic mass is 10.1. The van der Waals surface area contributed by atoms with Gasteiger partial charge in [0.05, 0.1) is 40.3 Å². The molecule has 37 heavy (non-hydrogen) atoms. The van der Waals surface area contributed by atoms with Crippen LogP contribution in [0.3, 0.4) is 0 Å². The fourth-order valence-corrected chi connectivity index (χ4v) is 5.01. The molecule has 3 aromatic carbocycles. The van der Waals surface area contributed by atoms with Gasteiger partial charge in [-0.25, -0.2) is 4.98 Å². The summed E-state index contributed by atoms with van der Waals surface area (Å²) in [4.78, 5) is 18.0. The second-order valence-electron chi connectivity index (χ2n) is 7.98. The molecule has 0 bridgehead atoms. The molecule has 0 fully saturated rings. The number of halogens is 3. The van der Waals surface area contributed by atoms with Crippen molar-refractivity contribution >= 4 is 64.9 Å². The molecular formula is C27H21Br3N4O3. The highest BCUT2D eigenvalue weighted by atomic mass is 79.9. The highest BCUT2D eigenvalue weighted by molar-refractivity contribution is 9.13. The largest absolute Gasteiger partial charge is 0.493 e. The van der Waals surface area contributed by atoms with E-state index in [-0.39, 0.29) is 12.2 Å². The maximum absolute atomic E-state index is 13.3. The molecule has 0 N–H and O–H groups in total. The van der Waals surface area contributed by atoms with Crippen molar-refractivity contribution in [3.05, 3.63) is 94.8 Å². The molecule has 0 aliphatic heterocycles. The van der Waals surface area contributed by atoms with Crippen molar-refractivity contribution < 1.29 is 9.47 Å². The number of hydrogen-bond acceptors (Lipinski definition) is 6. The Kier molecular flexibility index (Phi) is 8.79. The quantitative estimate of drug-likeness (QED) is 0.187. The second-order valence-corrected chi connectivity index (χ2v) is 10.5. The molecule has 4 rings (SSSR count). The molecule has 4 aromatic rings. The third-order valence-corrected chi connectivity index (χ3v) is 8.18. The van der Waals surface area contributed by atoms with Crippen LogP contribution in [0, 0.1) is 11.3 Å². The number of rotatable bonds is 8. The van der Waals surface area contributed by atoms with Crippen LogP contribution in [0.4, 0.5) is 0 Å². The lowest BCUT2D eigenvalue weighted by molar-refractivity contribution is 0.282. The van der Waals surface area contributed by atoms with Gasteiger partial charge in [-0.2, -0.15) is 15.0 Å².